The molecule has 0 saturated carbocycles. The molecule has 0 aliphatic carbocycles. The molecule has 0 aliphatic heterocycles. The Morgan fingerprint density at radius 3 is 2.67 bits per heavy atom. The van der Waals surface area contributed by atoms with Crippen LogP contribution in [0.4, 0.5) is 0 Å². The molecule has 1 aromatic rings. The van der Waals surface area contributed by atoms with Crippen LogP contribution in [0.2, 0.25) is 0 Å². The second-order valence-electron chi connectivity index (χ2n) is 2.92. The normalized spacial score (nSPS) is 15.7. The topological polar surface area (TPSA) is 50.2 Å². The summed E-state index contributed by atoms with van der Waals surface area (Å²) in [6.45, 7) is 4.65. The van der Waals surface area contributed by atoms with E-state index < -0.39 is 5.60 Å². The van der Waals surface area contributed by atoms with Gasteiger partial charge in [0.2, 0.25) is 0 Å². The third-order valence-corrected chi connectivity index (χ3v) is 2.89. The van der Waals surface area contributed by atoms with Crippen molar-refractivity contribution in [2.24, 2.45) is 0 Å². The maximum absolute atomic E-state index is 11.0. The van der Waals surface area contributed by atoms with E-state index >= 15 is 0 Å². The van der Waals surface area contributed by atoms with Gasteiger partial charge in [-0.15, -0.1) is 11.3 Å². The molecule has 0 spiro atoms. The first-order chi connectivity index (χ1) is 5.44. The summed E-state index contributed by atoms with van der Waals surface area (Å²) in [7, 11) is 0. The van der Waals surface area contributed by atoms with Crippen LogP contribution in [0, 0.1) is 6.92 Å². The molecule has 1 aromatic heterocycles. The largest absolute Gasteiger partial charge is 0.375 e. The zero-order valence-corrected chi connectivity index (χ0v) is 8.10. The van der Waals surface area contributed by atoms with Crippen molar-refractivity contribution < 1.29 is 9.90 Å². The number of nitrogens with zero attached hydrogens (tertiary/aromatic N) is 1. The summed E-state index contributed by atoms with van der Waals surface area (Å²) in [5.74, 6) is -0.281. The molecule has 1 rings (SSSR count). The summed E-state index contributed by atoms with van der Waals surface area (Å²) >= 11 is 1.30. The summed E-state index contributed by atoms with van der Waals surface area (Å²) in [4.78, 5) is 15.0. The number of hydrogen-bond donors (Lipinski definition) is 1. The van der Waals surface area contributed by atoms with Gasteiger partial charge in [0.25, 0.3) is 0 Å². The lowest BCUT2D eigenvalue weighted by Crippen LogP contribution is -2.29. The highest BCUT2D eigenvalue weighted by Crippen LogP contribution is 2.24. The predicted octanol–water partition coefficient (Wildman–Crippen LogP) is 1.25. The Balaban J connectivity index is 3.05. The zero-order chi connectivity index (χ0) is 9.35. The minimum atomic E-state index is -1.42. The number of aliphatic hydroxyl groups is 1. The smallest absolute Gasteiger partial charge is 0.171 e. The van der Waals surface area contributed by atoms with Crippen LogP contribution in [-0.4, -0.2) is 15.9 Å². The molecule has 0 saturated heterocycles. The lowest BCUT2D eigenvalue weighted by Gasteiger charge is -2.15. The molecule has 1 unspecified atom stereocenters. The minimum Gasteiger partial charge on any atom is -0.375 e. The molecule has 12 heavy (non-hydrogen) atoms. The summed E-state index contributed by atoms with van der Waals surface area (Å²) in [6.07, 6.45) is 0. The summed E-state index contributed by atoms with van der Waals surface area (Å²) in [5, 5.41) is 12.0. The summed E-state index contributed by atoms with van der Waals surface area (Å²) in [6, 6.07) is 0. The van der Waals surface area contributed by atoms with Crippen LogP contribution in [0.3, 0.4) is 0 Å². The van der Waals surface area contributed by atoms with Crippen LogP contribution in [-0.2, 0) is 10.4 Å². The number of carbonyl (C=O) groups is 1. The zero-order valence-electron chi connectivity index (χ0n) is 7.29. The Hall–Kier alpha value is -0.740. The Morgan fingerprint density at radius 1 is 1.75 bits per heavy atom. The van der Waals surface area contributed by atoms with Crippen molar-refractivity contribution >= 4 is 17.1 Å². The highest BCUT2D eigenvalue weighted by atomic mass is 32.1. The van der Waals surface area contributed by atoms with Crippen molar-refractivity contribution in [3.05, 3.63) is 16.1 Å². The van der Waals surface area contributed by atoms with Gasteiger partial charge in [0.1, 0.15) is 5.01 Å². The molecule has 1 heterocycles. The molecule has 4 heteroatoms. The third kappa shape index (κ3) is 1.54. The first-order valence-corrected chi connectivity index (χ1v) is 4.48. The summed E-state index contributed by atoms with van der Waals surface area (Å²) in [5.41, 5.74) is -0.588. The minimum absolute atomic E-state index is 0.281. The maximum Gasteiger partial charge on any atom is 0.171 e. The molecule has 1 atom stereocenters. The molecule has 1 N–H and O–H groups in total. The van der Waals surface area contributed by atoms with Crippen LogP contribution in [0.5, 0.6) is 0 Å². The quantitative estimate of drug-likeness (QED) is 0.754. The Kier molecular flexibility index (Phi) is 2.30. The maximum atomic E-state index is 11.0. The van der Waals surface area contributed by atoms with Gasteiger partial charge in [-0.2, -0.15) is 0 Å². The second kappa shape index (κ2) is 2.95. The highest BCUT2D eigenvalue weighted by molar-refractivity contribution is 7.10. The molecule has 0 aliphatic rings. The fourth-order valence-corrected chi connectivity index (χ4v) is 1.63. The Labute approximate surface area is 75.1 Å². The average Bonchev–Trinajstić information content (AvgIpc) is 2.35. The van der Waals surface area contributed by atoms with E-state index in [1.807, 2.05) is 12.3 Å². The van der Waals surface area contributed by atoms with Crippen molar-refractivity contribution in [2.75, 3.05) is 0 Å². The number of carbonyl (C=O) groups excluding carboxylic acids is 1. The number of aromatic nitrogens is 1. The van der Waals surface area contributed by atoms with Crippen LogP contribution in [0.25, 0.3) is 0 Å². The lowest BCUT2D eigenvalue weighted by molar-refractivity contribution is -0.134. The van der Waals surface area contributed by atoms with Crippen LogP contribution in [0.15, 0.2) is 5.38 Å². The van der Waals surface area contributed by atoms with Crippen LogP contribution in [0.1, 0.15) is 24.5 Å². The molecular weight excluding hydrogens is 174 g/mol. The predicted molar refractivity (Wildman–Crippen MR) is 47.1 cm³/mol. The second-order valence-corrected chi connectivity index (χ2v) is 3.78. The number of Topliss-reactive ketones (excluding diaryl/α,β-unsaturated/α-hetero) is 1. The molecule has 3 nitrogen and oxygen atoms in total. The van der Waals surface area contributed by atoms with E-state index in [9.17, 15) is 9.90 Å². The van der Waals surface area contributed by atoms with Crippen molar-refractivity contribution in [2.45, 2.75) is 26.4 Å². The van der Waals surface area contributed by atoms with E-state index in [2.05, 4.69) is 4.98 Å². The van der Waals surface area contributed by atoms with Gasteiger partial charge in [-0.25, -0.2) is 4.98 Å². The third-order valence-electron chi connectivity index (χ3n) is 1.72. The van der Waals surface area contributed by atoms with Gasteiger partial charge in [0, 0.05) is 11.1 Å². The fourth-order valence-electron chi connectivity index (χ4n) is 0.728. The monoisotopic (exact) mass is 185 g/mol. The SMILES string of the molecule is CC(=O)C(C)(O)c1nc(C)cs1. The van der Waals surface area contributed by atoms with E-state index in [1.165, 1.54) is 25.2 Å². The average molecular weight is 185 g/mol. The van der Waals surface area contributed by atoms with Crippen LogP contribution < -0.4 is 0 Å². The van der Waals surface area contributed by atoms with Gasteiger partial charge in [-0.3, -0.25) is 4.79 Å². The Morgan fingerprint density at radius 2 is 2.33 bits per heavy atom. The van der Waals surface area contributed by atoms with E-state index in [0.717, 1.165) is 5.69 Å². The van der Waals surface area contributed by atoms with E-state index in [4.69, 9.17) is 0 Å². The van der Waals surface area contributed by atoms with E-state index in [0.29, 0.717) is 5.01 Å². The number of thiazole rings is 1. The van der Waals surface area contributed by atoms with Crippen molar-refractivity contribution in [3.8, 4) is 0 Å². The molecule has 0 bridgehead atoms. The molecule has 0 radical (unpaired) electrons. The number of rotatable bonds is 2. The summed E-state index contributed by atoms with van der Waals surface area (Å²) < 4.78 is 0. The highest BCUT2D eigenvalue weighted by Gasteiger charge is 2.31. The molecule has 0 aromatic carbocycles. The van der Waals surface area contributed by atoms with Gasteiger partial charge in [-0.1, -0.05) is 0 Å². The lowest BCUT2D eigenvalue weighted by atomic mass is 10.0. The van der Waals surface area contributed by atoms with Crippen LogP contribution >= 0.6 is 11.3 Å². The van der Waals surface area contributed by atoms with Gasteiger partial charge >= 0.3 is 0 Å². The van der Waals surface area contributed by atoms with E-state index in [-0.39, 0.29) is 5.78 Å². The molecule has 0 fully saturated rings. The fraction of sp³-hybridized carbons (Fsp3) is 0.500. The van der Waals surface area contributed by atoms with Crippen molar-refractivity contribution in [1.82, 2.24) is 4.98 Å². The van der Waals surface area contributed by atoms with Crippen molar-refractivity contribution in [3.63, 3.8) is 0 Å². The first-order valence-electron chi connectivity index (χ1n) is 3.60. The number of aryl methyl sites for hydroxylation is 1. The van der Waals surface area contributed by atoms with Gasteiger partial charge in [-0.05, 0) is 20.8 Å². The molecule has 0 amide bonds. The Bertz CT molecular complexity index is 304. The molecule has 66 valence electrons. The number of ketones is 1. The molecular formula is C8H11NO2S. The standard InChI is InChI=1S/C8H11NO2S/c1-5-4-12-7(9-5)8(3,11)6(2)10/h4,11H,1-3H3. The van der Waals surface area contributed by atoms with Crippen molar-refractivity contribution in [1.29, 1.82) is 0 Å². The van der Waals surface area contributed by atoms with Gasteiger partial charge < -0.3 is 5.11 Å². The number of hydrogen-bond acceptors (Lipinski definition) is 4. The first kappa shape index (κ1) is 9.35. The van der Waals surface area contributed by atoms with E-state index in [1.54, 1.807) is 0 Å². The van der Waals surface area contributed by atoms with Gasteiger partial charge in [0.15, 0.2) is 11.4 Å². The van der Waals surface area contributed by atoms with Gasteiger partial charge in [0.05, 0.1) is 0 Å².